The molecule has 7 heteroatoms. The van der Waals surface area contributed by atoms with Gasteiger partial charge in [0, 0.05) is 13.2 Å². The summed E-state index contributed by atoms with van der Waals surface area (Å²) in [4.78, 5) is 38.5. The van der Waals surface area contributed by atoms with Crippen LogP contribution in [0.3, 0.4) is 0 Å². The van der Waals surface area contributed by atoms with E-state index in [0.717, 1.165) is 4.90 Å². The van der Waals surface area contributed by atoms with Crippen LogP contribution >= 0.6 is 0 Å². The minimum absolute atomic E-state index is 0.0616. The lowest BCUT2D eigenvalue weighted by atomic mass is 10.2. The van der Waals surface area contributed by atoms with E-state index in [4.69, 9.17) is 5.11 Å². The molecule has 7 nitrogen and oxygen atoms in total. The first-order chi connectivity index (χ1) is 8.49. The van der Waals surface area contributed by atoms with Crippen LogP contribution in [-0.4, -0.2) is 45.9 Å². The van der Waals surface area contributed by atoms with Crippen LogP contribution in [0.1, 0.15) is 16.8 Å². The molecule has 0 bridgehead atoms. The second-order valence-electron chi connectivity index (χ2n) is 3.93. The number of hydrogen-bond acceptors (Lipinski definition) is 5. The standard InChI is InChI=1S/C11H11N3O4/c1-14-9(15)4-7(10(14)16)13-8-3-2-6(5-12-8)11(17)18/h2-3,5,7H,4H2,1H3,(H,12,13)(H,17,18). The Bertz CT molecular complexity index is 512. The van der Waals surface area contributed by atoms with Gasteiger partial charge in [0.1, 0.15) is 11.9 Å². The second-order valence-corrected chi connectivity index (χ2v) is 3.93. The summed E-state index contributed by atoms with van der Waals surface area (Å²) < 4.78 is 0. The fourth-order valence-corrected chi connectivity index (χ4v) is 1.65. The van der Waals surface area contributed by atoms with Crippen molar-refractivity contribution in [3.05, 3.63) is 23.9 Å². The Kier molecular flexibility index (Phi) is 2.97. The molecule has 1 fully saturated rings. The summed E-state index contributed by atoms with van der Waals surface area (Å²) in [7, 11) is 1.42. The summed E-state index contributed by atoms with van der Waals surface area (Å²) >= 11 is 0. The Labute approximate surface area is 102 Å². The predicted octanol–water partition coefficient (Wildman–Crippen LogP) is -0.0510. The number of carbonyl (C=O) groups excluding carboxylic acids is 2. The number of pyridine rings is 1. The normalized spacial score (nSPS) is 19.2. The number of rotatable bonds is 3. The Morgan fingerprint density at radius 2 is 2.22 bits per heavy atom. The number of likely N-dealkylation sites (N-methyl/N-ethyl adjacent to an activating group) is 1. The van der Waals surface area contributed by atoms with Crippen molar-refractivity contribution in [2.75, 3.05) is 12.4 Å². The summed E-state index contributed by atoms with van der Waals surface area (Å²) in [5, 5.41) is 11.5. The van der Waals surface area contributed by atoms with Gasteiger partial charge in [-0.25, -0.2) is 9.78 Å². The highest BCUT2D eigenvalue weighted by Gasteiger charge is 2.36. The van der Waals surface area contributed by atoms with Gasteiger partial charge in [0.15, 0.2) is 0 Å². The van der Waals surface area contributed by atoms with Gasteiger partial charge in [-0.05, 0) is 12.1 Å². The zero-order valence-corrected chi connectivity index (χ0v) is 9.58. The Morgan fingerprint density at radius 1 is 1.50 bits per heavy atom. The lowest BCUT2D eigenvalue weighted by Crippen LogP contribution is -2.32. The van der Waals surface area contributed by atoms with E-state index in [0.29, 0.717) is 5.82 Å². The number of likely N-dealkylation sites (tertiary alicyclic amines) is 1. The summed E-state index contributed by atoms with van der Waals surface area (Å²) in [5.74, 6) is -1.27. The van der Waals surface area contributed by atoms with Gasteiger partial charge in [-0.1, -0.05) is 0 Å². The third-order valence-electron chi connectivity index (χ3n) is 2.71. The van der Waals surface area contributed by atoms with Crippen LogP contribution in [0.25, 0.3) is 0 Å². The maximum atomic E-state index is 11.6. The summed E-state index contributed by atoms with van der Waals surface area (Å²) in [6.07, 6.45) is 1.27. The van der Waals surface area contributed by atoms with Crippen molar-refractivity contribution in [1.29, 1.82) is 0 Å². The van der Waals surface area contributed by atoms with E-state index in [-0.39, 0.29) is 23.8 Å². The average Bonchev–Trinajstić information content (AvgIpc) is 2.58. The van der Waals surface area contributed by atoms with E-state index in [1.165, 1.54) is 25.4 Å². The summed E-state index contributed by atoms with van der Waals surface area (Å²) in [6.45, 7) is 0. The number of aromatic carboxylic acids is 1. The van der Waals surface area contributed by atoms with E-state index >= 15 is 0 Å². The highest BCUT2D eigenvalue weighted by molar-refractivity contribution is 6.06. The van der Waals surface area contributed by atoms with E-state index in [2.05, 4.69) is 10.3 Å². The fraction of sp³-hybridized carbons (Fsp3) is 0.273. The lowest BCUT2D eigenvalue weighted by molar-refractivity contribution is -0.136. The number of aromatic nitrogens is 1. The largest absolute Gasteiger partial charge is 0.478 e. The minimum Gasteiger partial charge on any atom is -0.478 e. The van der Waals surface area contributed by atoms with Crippen molar-refractivity contribution in [2.24, 2.45) is 0 Å². The zero-order valence-electron chi connectivity index (χ0n) is 9.58. The number of imide groups is 1. The quantitative estimate of drug-likeness (QED) is 0.728. The molecule has 1 saturated heterocycles. The molecule has 0 aromatic carbocycles. The first-order valence-corrected chi connectivity index (χ1v) is 5.25. The molecule has 1 aliphatic rings. The van der Waals surface area contributed by atoms with Crippen molar-refractivity contribution in [3.63, 3.8) is 0 Å². The smallest absolute Gasteiger partial charge is 0.337 e. The van der Waals surface area contributed by atoms with Crippen LogP contribution in [-0.2, 0) is 9.59 Å². The Balaban J connectivity index is 2.08. The van der Waals surface area contributed by atoms with E-state index < -0.39 is 12.0 Å². The molecule has 0 radical (unpaired) electrons. The second kappa shape index (κ2) is 4.44. The van der Waals surface area contributed by atoms with Crippen molar-refractivity contribution in [3.8, 4) is 0 Å². The molecule has 0 spiro atoms. The predicted molar refractivity (Wildman–Crippen MR) is 61.0 cm³/mol. The van der Waals surface area contributed by atoms with Gasteiger partial charge in [0.05, 0.1) is 12.0 Å². The molecule has 1 aliphatic heterocycles. The molecule has 1 aromatic rings. The van der Waals surface area contributed by atoms with Gasteiger partial charge in [0.25, 0.3) is 5.91 Å². The highest BCUT2D eigenvalue weighted by atomic mass is 16.4. The van der Waals surface area contributed by atoms with Gasteiger partial charge in [-0.3, -0.25) is 14.5 Å². The molecule has 2 N–H and O–H groups in total. The number of anilines is 1. The van der Waals surface area contributed by atoms with Crippen molar-refractivity contribution < 1.29 is 19.5 Å². The molecular formula is C11H11N3O4. The molecule has 0 aliphatic carbocycles. The van der Waals surface area contributed by atoms with Crippen molar-refractivity contribution >= 4 is 23.6 Å². The van der Waals surface area contributed by atoms with Gasteiger partial charge < -0.3 is 10.4 Å². The topological polar surface area (TPSA) is 99.6 Å². The number of amides is 2. The van der Waals surface area contributed by atoms with Crippen molar-refractivity contribution in [1.82, 2.24) is 9.88 Å². The van der Waals surface area contributed by atoms with Gasteiger partial charge in [-0.15, -0.1) is 0 Å². The first kappa shape index (κ1) is 12.0. The van der Waals surface area contributed by atoms with Crippen molar-refractivity contribution in [2.45, 2.75) is 12.5 Å². The van der Waals surface area contributed by atoms with Crippen LogP contribution in [0.5, 0.6) is 0 Å². The molecule has 18 heavy (non-hydrogen) atoms. The van der Waals surface area contributed by atoms with E-state index in [9.17, 15) is 14.4 Å². The fourth-order valence-electron chi connectivity index (χ4n) is 1.65. The van der Waals surface area contributed by atoms with Crippen LogP contribution in [0.4, 0.5) is 5.82 Å². The van der Waals surface area contributed by atoms with Crippen LogP contribution < -0.4 is 5.32 Å². The number of nitrogens with one attached hydrogen (secondary N) is 1. The average molecular weight is 249 g/mol. The third kappa shape index (κ3) is 2.15. The lowest BCUT2D eigenvalue weighted by Gasteiger charge is -2.11. The molecule has 2 rings (SSSR count). The van der Waals surface area contributed by atoms with Gasteiger partial charge in [-0.2, -0.15) is 0 Å². The Morgan fingerprint density at radius 3 is 2.67 bits per heavy atom. The number of carbonyl (C=O) groups is 3. The third-order valence-corrected chi connectivity index (χ3v) is 2.71. The monoisotopic (exact) mass is 249 g/mol. The number of carboxylic acids is 1. The molecule has 2 amide bonds. The van der Waals surface area contributed by atoms with E-state index in [1.54, 1.807) is 0 Å². The zero-order chi connectivity index (χ0) is 13.3. The summed E-state index contributed by atoms with van der Waals surface area (Å²) in [5.41, 5.74) is 0.0616. The first-order valence-electron chi connectivity index (χ1n) is 5.25. The molecule has 94 valence electrons. The minimum atomic E-state index is -1.07. The molecule has 1 aromatic heterocycles. The molecule has 1 atom stereocenters. The van der Waals surface area contributed by atoms with Crippen LogP contribution in [0.2, 0.25) is 0 Å². The number of hydrogen-bond donors (Lipinski definition) is 2. The van der Waals surface area contributed by atoms with Crippen LogP contribution in [0, 0.1) is 0 Å². The summed E-state index contributed by atoms with van der Waals surface area (Å²) in [6, 6.07) is 2.20. The molecule has 0 saturated carbocycles. The molecule has 2 heterocycles. The Hall–Kier alpha value is -2.44. The van der Waals surface area contributed by atoms with Crippen LogP contribution in [0.15, 0.2) is 18.3 Å². The van der Waals surface area contributed by atoms with Gasteiger partial charge in [0.2, 0.25) is 5.91 Å². The number of carboxylic acid groups (broad SMARTS) is 1. The van der Waals surface area contributed by atoms with Gasteiger partial charge >= 0.3 is 5.97 Å². The maximum Gasteiger partial charge on any atom is 0.337 e. The SMILES string of the molecule is CN1C(=O)CC(Nc2ccc(C(=O)O)cn2)C1=O. The highest BCUT2D eigenvalue weighted by Crippen LogP contribution is 2.15. The molecule has 1 unspecified atom stereocenters. The maximum absolute atomic E-state index is 11.6. The number of nitrogens with zero attached hydrogens (tertiary/aromatic N) is 2. The molecular weight excluding hydrogens is 238 g/mol. The van der Waals surface area contributed by atoms with E-state index in [1.807, 2.05) is 0 Å².